The fraction of sp³-hybridized carbons (Fsp3) is 0.181. The van der Waals surface area contributed by atoms with Crippen molar-refractivity contribution in [3.8, 4) is 44.5 Å². The summed E-state index contributed by atoms with van der Waals surface area (Å²) in [5.41, 5.74) is 35.8. The summed E-state index contributed by atoms with van der Waals surface area (Å²) >= 11 is 0. The van der Waals surface area contributed by atoms with Crippen molar-refractivity contribution < 1.29 is 0 Å². The maximum atomic E-state index is 2.22. The molecule has 0 N–H and O–H groups in total. The van der Waals surface area contributed by atoms with Crippen LogP contribution >= 0.6 is 0 Å². The number of aryl methyl sites for hydroxylation is 19. The van der Waals surface area contributed by atoms with E-state index in [0.29, 0.717) is 0 Å². The second-order valence-electron chi connectivity index (χ2n) is 28.5. The minimum Gasteiger partial charge on any atom is -0.0622 e. The van der Waals surface area contributed by atoms with Crippen molar-refractivity contribution in [3.05, 3.63) is 439 Å². The summed E-state index contributed by atoms with van der Waals surface area (Å²) < 4.78 is 0. The Labute approximate surface area is 632 Å². The Morgan fingerprint density at radius 1 is 0.114 bits per heavy atom. The van der Waals surface area contributed by atoms with Crippen LogP contribution in [0.2, 0.25) is 0 Å². The smallest absolute Gasteiger partial charge is 0.0103 e. The van der Waals surface area contributed by atoms with Crippen LogP contribution in [0.25, 0.3) is 66.1 Å². The lowest BCUT2D eigenvalue weighted by Gasteiger charge is -2.09. The van der Waals surface area contributed by atoms with E-state index in [1.165, 1.54) is 172 Å². The van der Waals surface area contributed by atoms with Gasteiger partial charge >= 0.3 is 0 Å². The lowest BCUT2D eigenvalue weighted by atomic mass is 9.96. The average Bonchev–Trinajstić information content (AvgIpc) is 0.798. The summed E-state index contributed by atoms with van der Waals surface area (Å²) in [4.78, 5) is 0. The minimum atomic E-state index is 1.28. The summed E-state index contributed by atoms with van der Waals surface area (Å²) in [7, 11) is 0. The van der Waals surface area contributed by atoms with Crippen molar-refractivity contribution in [3.63, 3.8) is 0 Å². The molecule has 0 nitrogen and oxygen atoms in total. The molecule has 15 aromatic carbocycles. The highest BCUT2D eigenvalue weighted by Gasteiger charge is 2.07. The molecule has 0 aromatic heterocycles. The lowest BCUT2D eigenvalue weighted by Crippen LogP contribution is -1.83. The van der Waals surface area contributed by atoms with Gasteiger partial charge in [0.2, 0.25) is 0 Å². The van der Waals surface area contributed by atoms with E-state index in [-0.39, 0.29) is 0 Å². The van der Waals surface area contributed by atoms with Gasteiger partial charge in [0.1, 0.15) is 0 Å². The van der Waals surface area contributed by atoms with Crippen molar-refractivity contribution in [1.29, 1.82) is 0 Å². The lowest BCUT2D eigenvalue weighted by molar-refractivity contribution is 1.32. The fourth-order valence-electron chi connectivity index (χ4n) is 13.1. The first-order valence-corrected chi connectivity index (χ1v) is 36.9. The van der Waals surface area contributed by atoms with Crippen LogP contribution in [-0.2, 0) is 0 Å². The molecule has 0 aliphatic carbocycles. The predicted molar refractivity (Wildman–Crippen MR) is 465 cm³/mol. The normalized spacial score (nSPS) is 10.0. The van der Waals surface area contributed by atoms with Gasteiger partial charge in [-0.1, -0.05) is 428 Å². The van der Waals surface area contributed by atoms with Gasteiger partial charge < -0.3 is 0 Å². The highest BCUT2D eigenvalue weighted by atomic mass is 14.1. The third-order valence-electron chi connectivity index (χ3n) is 17.6. The first-order valence-electron chi connectivity index (χ1n) is 36.9. The Morgan fingerprint density at radius 2 is 0.314 bits per heavy atom. The van der Waals surface area contributed by atoms with E-state index in [1.807, 2.05) is 12.1 Å². The molecule has 0 saturated carbocycles. The highest BCUT2D eigenvalue weighted by Crippen LogP contribution is 2.32. The molecule has 0 amide bonds. The van der Waals surface area contributed by atoms with Crippen LogP contribution in [0.5, 0.6) is 0 Å². The van der Waals surface area contributed by atoms with E-state index >= 15 is 0 Å². The van der Waals surface area contributed by atoms with Gasteiger partial charge in [-0.3, -0.25) is 0 Å². The Bertz CT molecular complexity index is 4540. The molecular formula is C105H112. The minimum absolute atomic E-state index is 1.28. The first kappa shape index (κ1) is 81.1. The van der Waals surface area contributed by atoms with Crippen molar-refractivity contribution >= 4 is 21.5 Å². The molecule has 0 heterocycles. The molecule has 0 bridgehead atoms. The van der Waals surface area contributed by atoms with Crippen LogP contribution in [0.4, 0.5) is 0 Å². The standard InChI is InChI=1S/2C17H14.2C14H14.3C9H12.2C8H10/c1-13-7-5-12-17-15(13)10-6-11-16(17)14-8-3-2-4-9-14;1-13-11-12-16(14-7-3-2-4-8-14)17-10-6-5-9-15(13)17;2*1-11-8-12(2)10-14(9-11)13-6-4-3-5-7-13;3*1-7-4-8(2)6-9(3)5-7;2*1-7-3-5-8(2)6-4-7/h2*2-12H,1H3;2*3-10H,1-2H3;3*4-6H,1-3H3;2*3-6H,1-2H3. The molecule has 0 unspecified atom stereocenters. The van der Waals surface area contributed by atoms with Gasteiger partial charge in [0.15, 0.2) is 0 Å². The average molecular weight is 1370 g/mol. The monoisotopic (exact) mass is 1370 g/mol. The summed E-state index contributed by atoms with van der Waals surface area (Å²) in [5, 5.41) is 5.35. The van der Waals surface area contributed by atoms with Gasteiger partial charge in [0.25, 0.3) is 0 Å². The fourth-order valence-corrected chi connectivity index (χ4v) is 13.1. The van der Waals surface area contributed by atoms with Crippen molar-refractivity contribution in [2.45, 2.75) is 132 Å². The zero-order valence-electron chi connectivity index (χ0n) is 66.3. The maximum Gasteiger partial charge on any atom is -0.0103 e. The molecule has 0 aliphatic rings. The van der Waals surface area contributed by atoms with Crippen LogP contribution in [0.1, 0.15) is 106 Å². The van der Waals surface area contributed by atoms with Gasteiger partial charge in [-0.05, 0) is 209 Å². The number of fused-ring (bicyclic) bond motifs is 2. The van der Waals surface area contributed by atoms with Crippen LogP contribution in [-0.4, -0.2) is 0 Å². The van der Waals surface area contributed by atoms with E-state index in [0.717, 1.165) is 0 Å². The number of rotatable bonds is 4. The number of hydrogen-bond donors (Lipinski definition) is 0. The largest absolute Gasteiger partial charge is 0.0622 e. The van der Waals surface area contributed by atoms with Gasteiger partial charge in [-0.15, -0.1) is 0 Å². The molecule has 0 fully saturated rings. The van der Waals surface area contributed by atoms with Crippen molar-refractivity contribution in [2.75, 3.05) is 0 Å². The van der Waals surface area contributed by atoms with E-state index in [1.54, 1.807) is 0 Å². The highest BCUT2D eigenvalue weighted by molar-refractivity contribution is 5.99. The second-order valence-corrected chi connectivity index (χ2v) is 28.5. The third-order valence-corrected chi connectivity index (χ3v) is 17.6. The molecule has 0 spiro atoms. The zero-order valence-corrected chi connectivity index (χ0v) is 66.3. The molecule has 532 valence electrons. The predicted octanol–water partition coefficient (Wildman–Crippen LogP) is 30.0. The Hall–Kier alpha value is -11.2. The van der Waals surface area contributed by atoms with E-state index in [2.05, 4.69) is 453 Å². The van der Waals surface area contributed by atoms with Gasteiger partial charge in [0.05, 0.1) is 0 Å². The number of hydrogen-bond acceptors (Lipinski definition) is 0. The molecule has 0 saturated heterocycles. The second kappa shape index (κ2) is 41.8. The Morgan fingerprint density at radius 3 is 0.600 bits per heavy atom. The van der Waals surface area contributed by atoms with E-state index < -0.39 is 0 Å². The molecule has 0 atom stereocenters. The quantitative estimate of drug-likeness (QED) is 0.165. The van der Waals surface area contributed by atoms with Crippen LogP contribution < -0.4 is 0 Å². The van der Waals surface area contributed by atoms with Crippen LogP contribution in [0.15, 0.2) is 334 Å². The number of benzene rings is 15. The van der Waals surface area contributed by atoms with Crippen molar-refractivity contribution in [2.24, 2.45) is 0 Å². The Balaban J connectivity index is 0.000000168. The zero-order chi connectivity index (χ0) is 75.8. The Kier molecular flexibility index (Phi) is 32.3. The summed E-state index contributed by atoms with van der Waals surface area (Å²) in [5.74, 6) is 0. The van der Waals surface area contributed by atoms with Gasteiger partial charge in [-0.2, -0.15) is 0 Å². The summed E-state index contributed by atoms with van der Waals surface area (Å²) in [6.45, 7) is 40.4. The van der Waals surface area contributed by atoms with Gasteiger partial charge in [-0.25, -0.2) is 0 Å². The molecule has 105 heavy (non-hydrogen) atoms. The van der Waals surface area contributed by atoms with Crippen LogP contribution in [0.3, 0.4) is 0 Å². The molecular weight excluding hydrogens is 1260 g/mol. The summed E-state index contributed by atoms with van der Waals surface area (Å²) in [6, 6.07) is 118. The maximum absolute atomic E-state index is 2.22. The van der Waals surface area contributed by atoms with Gasteiger partial charge in [0, 0.05) is 0 Å². The first-order chi connectivity index (χ1) is 50.3. The summed E-state index contributed by atoms with van der Waals surface area (Å²) in [6.07, 6.45) is 0. The SMILES string of the molecule is Cc1cc(C)cc(-c2ccccc2)c1.Cc1cc(C)cc(-c2ccccc2)c1.Cc1cc(C)cc(C)c1.Cc1cc(C)cc(C)c1.Cc1cc(C)cc(C)c1.Cc1ccc(-c2ccccc2)c2ccccc12.Cc1ccc(C)cc1.Cc1ccc(C)cc1.Cc1cccc2c(-c3ccccc3)cccc12. The topological polar surface area (TPSA) is 0 Å². The molecule has 15 rings (SSSR count). The molecule has 0 heteroatoms. The molecule has 0 aliphatic heterocycles. The molecule has 15 aromatic rings. The van der Waals surface area contributed by atoms with Crippen LogP contribution in [0, 0.1) is 132 Å². The third kappa shape index (κ3) is 28.2. The molecule has 0 radical (unpaired) electrons. The van der Waals surface area contributed by atoms with E-state index in [9.17, 15) is 0 Å². The van der Waals surface area contributed by atoms with E-state index in [4.69, 9.17) is 0 Å². The van der Waals surface area contributed by atoms with Crippen molar-refractivity contribution in [1.82, 2.24) is 0 Å².